The first-order valence-corrected chi connectivity index (χ1v) is 25.5. The molecule has 4 aliphatic heterocycles. The number of amides is 4. The molecule has 3 saturated heterocycles. The molecule has 2 N–H and O–H groups in total. The molecular formula is C56H82F2N8O6S6. The van der Waals surface area contributed by atoms with Crippen molar-refractivity contribution < 1.29 is 37.5 Å². The Labute approximate surface area is 501 Å². The number of pyridine rings is 1. The number of benzene rings is 2. The summed E-state index contributed by atoms with van der Waals surface area (Å²) in [5, 5.41) is 5.55. The third-order valence-corrected chi connectivity index (χ3v) is 14.8. The maximum atomic E-state index is 14.8. The first-order chi connectivity index (χ1) is 34.1. The summed E-state index contributed by atoms with van der Waals surface area (Å²) in [5.74, 6) is -0.770. The zero-order chi connectivity index (χ0) is 51.8. The average molecular weight is 1190 g/mol. The van der Waals surface area contributed by atoms with Gasteiger partial charge in [0.15, 0.2) is 0 Å². The summed E-state index contributed by atoms with van der Waals surface area (Å²) in [6.07, 6.45) is 3.43. The van der Waals surface area contributed by atoms with Crippen LogP contribution in [0.25, 0.3) is 33.3 Å². The molecular weight excluding hydrogens is 1110 g/mol. The van der Waals surface area contributed by atoms with Crippen molar-refractivity contribution in [3.63, 3.8) is 0 Å². The number of ether oxygens (including phenoxy) is 1. The fourth-order valence-corrected chi connectivity index (χ4v) is 11.1. The number of cyclic esters (lactones) is 1. The number of aromatic nitrogens is 2. The topological polar surface area (TPSA) is 149 Å². The largest absolute Gasteiger partial charge is 0.464 e. The number of likely N-dealkylation sites (tertiary alicyclic amines) is 2. The fourth-order valence-electron chi connectivity index (χ4n) is 11.1. The lowest BCUT2D eigenvalue weighted by molar-refractivity contribution is -0.155. The number of carbonyl (C=O) groups excluding carboxylic acids is 5. The second-order valence-electron chi connectivity index (χ2n) is 21.8. The molecule has 0 spiro atoms. The molecule has 6 heterocycles. The summed E-state index contributed by atoms with van der Waals surface area (Å²) in [4.78, 5) is 79.8. The van der Waals surface area contributed by atoms with E-state index in [1.165, 1.54) is 19.7 Å². The highest BCUT2D eigenvalue weighted by Crippen LogP contribution is 2.42. The van der Waals surface area contributed by atoms with Gasteiger partial charge in [0, 0.05) is 74.1 Å². The Bertz CT molecular complexity index is 2830. The monoisotopic (exact) mass is 1190 g/mol. The zero-order valence-corrected chi connectivity index (χ0v) is 52.2. The lowest BCUT2D eigenvalue weighted by Crippen LogP contribution is -2.62. The van der Waals surface area contributed by atoms with E-state index in [1.54, 1.807) is 14.1 Å². The van der Waals surface area contributed by atoms with E-state index in [0.717, 1.165) is 56.7 Å². The van der Waals surface area contributed by atoms with Gasteiger partial charge in [-0.2, -0.15) is 81.0 Å². The minimum atomic E-state index is -2.87. The van der Waals surface area contributed by atoms with Gasteiger partial charge < -0.3 is 24.4 Å². The third-order valence-electron chi connectivity index (χ3n) is 14.8. The van der Waals surface area contributed by atoms with Gasteiger partial charge in [0.25, 0.3) is 17.7 Å². The minimum Gasteiger partial charge on any atom is -0.464 e. The number of alkyl halides is 2. The number of esters is 1. The molecule has 22 heteroatoms. The Hall–Kier alpha value is -4.08. The molecule has 4 aromatic rings. The van der Waals surface area contributed by atoms with Crippen molar-refractivity contribution in [3.05, 3.63) is 77.6 Å². The first kappa shape index (κ1) is 70.0. The molecule has 6 bridgehead atoms. The van der Waals surface area contributed by atoms with Gasteiger partial charge in [-0.05, 0) is 104 Å². The van der Waals surface area contributed by atoms with Crippen molar-refractivity contribution in [3.8, 4) is 34.2 Å². The summed E-state index contributed by atoms with van der Waals surface area (Å²) < 4.78 is 36.4. The van der Waals surface area contributed by atoms with Crippen molar-refractivity contribution >= 4 is 121 Å². The molecule has 4 amide bonds. The smallest absolute Gasteiger partial charge is 0.324 e. The van der Waals surface area contributed by atoms with Crippen LogP contribution in [0.3, 0.4) is 0 Å². The van der Waals surface area contributed by atoms with Gasteiger partial charge in [-0.15, -0.1) is 0 Å². The highest BCUT2D eigenvalue weighted by Gasteiger charge is 2.43. The van der Waals surface area contributed by atoms with Gasteiger partial charge in [-0.1, -0.05) is 77.8 Å². The molecule has 3 fully saturated rings. The van der Waals surface area contributed by atoms with E-state index in [4.69, 9.17) is 9.72 Å². The Morgan fingerprint density at radius 3 is 2.31 bits per heavy atom. The summed E-state index contributed by atoms with van der Waals surface area (Å²) in [6, 6.07) is 15.0. The number of carbonyl (C=O) groups is 5. The number of nitrogens with one attached hydrogen (secondary N) is 2. The van der Waals surface area contributed by atoms with E-state index < -0.39 is 78.1 Å². The Morgan fingerprint density at radius 2 is 1.65 bits per heavy atom. The van der Waals surface area contributed by atoms with Gasteiger partial charge in [0.05, 0.1) is 36.5 Å². The van der Waals surface area contributed by atoms with E-state index in [1.807, 2.05) is 50.4 Å². The van der Waals surface area contributed by atoms with E-state index >= 15 is 0 Å². The lowest BCUT2D eigenvalue weighted by Gasteiger charge is -2.37. The van der Waals surface area contributed by atoms with Crippen LogP contribution >= 0.6 is 81.0 Å². The van der Waals surface area contributed by atoms with Crippen LogP contribution in [0.15, 0.2) is 60.8 Å². The van der Waals surface area contributed by atoms with Crippen molar-refractivity contribution in [1.82, 2.24) is 40.0 Å². The molecule has 5 atom stereocenters. The van der Waals surface area contributed by atoms with Crippen LogP contribution in [0.4, 0.5) is 8.78 Å². The molecule has 1 unspecified atom stereocenters. The highest BCUT2D eigenvalue weighted by molar-refractivity contribution is 7.60. The quantitative estimate of drug-likeness (QED) is 0.135. The first-order valence-electron chi connectivity index (χ1n) is 25.5. The van der Waals surface area contributed by atoms with Crippen LogP contribution in [0.5, 0.6) is 0 Å². The van der Waals surface area contributed by atoms with Crippen molar-refractivity contribution in [1.29, 1.82) is 0 Å². The third kappa shape index (κ3) is 15.5. The average Bonchev–Trinajstić information content (AvgIpc) is 4.04. The molecule has 2 aromatic carbocycles. The molecule has 78 heavy (non-hydrogen) atoms. The summed E-state index contributed by atoms with van der Waals surface area (Å²) in [6.45, 7) is 15.4. The fraction of sp³-hybridized carbons (Fsp3) is 0.536. The normalized spacial score (nSPS) is 21.1. The Kier molecular flexibility index (Phi) is 26.1. The van der Waals surface area contributed by atoms with Crippen molar-refractivity contribution in [2.24, 2.45) is 17.3 Å². The van der Waals surface area contributed by atoms with Crippen molar-refractivity contribution in [2.45, 2.75) is 130 Å². The zero-order valence-electron chi connectivity index (χ0n) is 46.2. The number of halogens is 2. The lowest BCUT2D eigenvalue weighted by atomic mass is 9.83. The van der Waals surface area contributed by atoms with Crippen LogP contribution in [0.2, 0.25) is 0 Å². The Morgan fingerprint density at radius 1 is 0.949 bits per heavy atom. The molecule has 0 radical (unpaired) electrons. The van der Waals surface area contributed by atoms with E-state index in [9.17, 15) is 32.8 Å². The number of aryl methyl sites for hydroxylation is 1. The molecule has 0 aliphatic carbocycles. The van der Waals surface area contributed by atoms with Gasteiger partial charge in [-0.3, -0.25) is 38.9 Å². The number of fused-ring (bicyclic) bond motifs is 6. The number of likely N-dealkylation sites (N-methyl/N-ethyl adjacent to an activating group) is 1. The molecule has 8 rings (SSSR count). The number of hydrazine groups is 1. The van der Waals surface area contributed by atoms with Crippen LogP contribution in [-0.4, -0.2) is 136 Å². The standard InChI is InChI=1S/C56H70F2N8O6.6H2S/c1-10-65-46-20-18-38-28-42(46)43(50(65)41-16-12-23-59-48(41)34(2)3)30-55(6,7)33-72-54(71)44-17-13-24-66(61-44)53(70)45(27-36-14-11-15-37(38)26-36)60-51(68)49(35(4)5)63(9)52(69)39-22-25-64(31-39)47(67)21-19-40-29-56(57,58)32-62(40)8;;;;;;/h11-12,14-16,18,20,23,26,28,34-35,39-40,44-45,49,61H,10,13,17,22,24-25,27,29-33H2,1-9H3,(H,60,68);6*1H2/t39?,40-,44+,45+,49+;;;;;;/m1....../s1. The molecule has 4 aliphatic rings. The minimum absolute atomic E-state index is 0. The number of rotatable bonds is 8. The van der Waals surface area contributed by atoms with E-state index in [0.29, 0.717) is 32.2 Å². The molecule has 14 nitrogen and oxygen atoms in total. The van der Waals surface area contributed by atoms with Crippen molar-refractivity contribution in [2.75, 3.05) is 46.9 Å². The summed E-state index contributed by atoms with van der Waals surface area (Å²) in [7, 11) is 3.11. The van der Waals surface area contributed by atoms with Crippen LogP contribution in [0.1, 0.15) is 96.9 Å². The second-order valence-corrected chi connectivity index (χ2v) is 21.8. The Balaban J connectivity index is 0.00000347. The number of hydrogen-bond acceptors (Lipinski definition) is 9. The van der Waals surface area contributed by atoms with E-state index in [-0.39, 0.29) is 125 Å². The summed E-state index contributed by atoms with van der Waals surface area (Å²) >= 11 is 0. The highest BCUT2D eigenvalue weighted by atomic mass is 32.1. The maximum Gasteiger partial charge on any atom is 0.324 e. The second kappa shape index (κ2) is 29.1. The number of nitrogens with zero attached hydrogens (tertiary/aromatic N) is 6. The van der Waals surface area contributed by atoms with Gasteiger partial charge >= 0.3 is 5.97 Å². The number of hydrogen-bond donors (Lipinski definition) is 2. The van der Waals surface area contributed by atoms with Crippen LogP contribution < -0.4 is 10.7 Å². The van der Waals surface area contributed by atoms with E-state index in [2.05, 4.69) is 86.0 Å². The van der Waals surface area contributed by atoms with Crippen LogP contribution in [-0.2, 0) is 48.1 Å². The maximum absolute atomic E-state index is 14.8. The van der Waals surface area contributed by atoms with Gasteiger partial charge in [-0.25, -0.2) is 14.2 Å². The van der Waals surface area contributed by atoms with Gasteiger partial charge in [0.2, 0.25) is 11.8 Å². The summed E-state index contributed by atoms with van der Waals surface area (Å²) in [5.41, 5.74) is 10.8. The molecule has 2 aromatic heterocycles. The molecule has 432 valence electrons. The SMILES string of the molecule is CCn1c(-c2cccnc2C(C)C)c2c3cc(ccc31)-c1cccc(c1)C[C@H](NC(=O)[C@H](C(C)C)N(C)C(=O)C1CCN(C(=O)C#C[C@@H]3CC(F)(F)CN3C)C1)C(=O)N1CCC[C@H](N1)C(=O)OCC(C)(C)C2.S.S.S.S.S.S. The van der Waals surface area contributed by atoms with Crippen LogP contribution in [0, 0.1) is 29.1 Å². The van der Waals surface area contributed by atoms with Gasteiger partial charge in [0.1, 0.15) is 18.1 Å². The predicted octanol–water partition coefficient (Wildman–Crippen LogP) is 7.51. The molecule has 0 saturated carbocycles. The predicted molar refractivity (Wildman–Crippen MR) is 334 cm³/mol.